The van der Waals surface area contributed by atoms with Crippen LogP contribution in [0.4, 0.5) is 40.8 Å². The van der Waals surface area contributed by atoms with E-state index >= 15 is 0 Å². The number of hydrogen-bond donors (Lipinski definition) is 4. The molecule has 1 aliphatic rings. The van der Waals surface area contributed by atoms with Crippen LogP contribution in [-0.2, 0) is 0 Å². The lowest BCUT2D eigenvalue weighted by Crippen LogP contribution is -2.28. The highest BCUT2D eigenvalue weighted by atomic mass is 19.4. The van der Waals surface area contributed by atoms with Crippen molar-refractivity contribution in [2.75, 3.05) is 18.4 Å². The molecule has 0 bridgehead atoms. The zero-order valence-corrected chi connectivity index (χ0v) is 17.1. The maximum absolute atomic E-state index is 14.6. The van der Waals surface area contributed by atoms with E-state index in [2.05, 4.69) is 0 Å². The molecular weight excluding hydrogens is 476 g/mol. The molecule has 4 nitrogen and oxygen atoms in total. The monoisotopic (exact) mass is 494 g/mol. The molecule has 0 saturated carbocycles. The maximum Gasteiger partial charge on any atom is 0.405 e. The largest absolute Gasteiger partial charge is 0.508 e. The van der Waals surface area contributed by atoms with Crippen molar-refractivity contribution in [2.24, 2.45) is 5.92 Å². The van der Waals surface area contributed by atoms with Crippen molar-refractivity contribution < 1.29 is 45.3 Å². The molecule has 0 aromatic heterocycles. The molecule has 3 rings (SSSR count). The number of benzene rings is 2. The van der Waals surface area contributed by atoms with Crippen LogP contribution in [-0.4, -0.2) is 35.7 Å². The summed E-state index contributed by atoms with van der Waals surface area (Å²) >= 11 is 0. The van der Waals surface area contributed by atoms with Gasteiger partial charge in [0.2, 0.25) is 0 Å². The smallest absolute Gasteiger partial charge is 0.405 e. The highest BCUT2D eigenvalue weighted by molar-refractivity contribution is 5.56. The summed E-state index contributed by atoms with van der Waals surface area (Å²) in [5.74, 6) is -4.95. The van der Waals surface area contributed by atoms with Gasteiger partial charge in [0, 0.05) is 23.5 Å². The maximum atomic E-state index is 14.6. The zero-order valence-electron chi connectivity index (χ0n) is 17.1. The number of nitrogens with one attached hydrogen (secondary N) is 2. The molecule has 2 aromatic rings. The van der Waals surface area contributed by atoms with Gasteiger partial charge in [-0.15, -0.1) is 0 Å². The van der Waals surface area contributed by atoms with E-state index in [-0.39, 0.29) is 11.3 Å². The summed E-state index contributed by atoms with van der Waals surface area (Å²) in [4.78, 5) is 0. The number of phenolic OH excluding ortho intramolecular Hbond substituents is 2. The van der Waals surface area contributed by atoms with Gasteiger partial charge in [-0.05, 0) is 29.8 Å². The van der Waals surface area contributed by atoms with Crippen molar-refractivity contribution in [3.8, 4) is 11.5 Å². The van der Waals surface area contributed by atoms with E-state index in [0.29, 0.717) is 5.56 Å². The molecule has 12 heteroatoms. The summed E-state index contributed by atoms with van der Waals surface area (Å²) < 4.78 is 104. The third-order valence-corrected chi connectivity index (χ3v) is 5.00. The first kappa shape index (κ1) is 25.2. The Labute approximate surface area is 188 Å². The molecule has 184 valence electrons. The van der Waals surface area contributed by atoms with Crippen LogP contribution in [0.3, 0.4) is 0 Å². The fourth-order valence-electron chi connectivity index (χ4n) is 3.56. The van der Waals surface area contributed by atoms with Gasteiger partial charge in [-0.3, -0.25) is 0 Å². The van der Waals surface area contributed by atoms with Gasteiger partial charge in [-0.25, -0.2) is 8.78 Å². The number of anilines is 1. The molecule has 0 spiro atoms. The van der Waals surface area contributed by atoms with Gasteiger partial charge < -0.3 is 20.8 Å². The van der Waals surface area contributed by atoms with Crippen LogP contribution in [0, 0.1) is 11.7 Å². The Hall–Kier alpha value is -3.44. The Balaban J connectivity index is 2.01. The average Bonchev–Trinajstić information content (AvgIpc) is 3.08. The Morgan fingerprint density at radius 2 is 1.41 bits per heavy atom. The van der Waals surface area contributed by atoms with Crippen molar-refractivity contribution in [3.63, 3.8) is 0 Å². The van der Waals surface area contributed by atoms with Crippen LogP contribution in [0.1, 0.15) is 17.0 Å². The summed E-state index contributed by atoms with van der Waals surface area (Å²) in [6.07, 6.45) is -7.16. The fourth-order valence-corrected chi connectivity index (χ4v) is 3.56. The summed E-state index contributed by atoms with van der Waals surface area (Å²) in [7, 11) is 0. The van der Waals surface area contributed by atoms with Gasteiger partial charge in [0.15, 0.2) is 0 Å². The van der Waals surface area contributed by atoms with Gasteiger partial charge in [0.1, 0.15) is 36.2 Å². The summed E-state index contributed by atoms with van der Waals surface area (Å²) in [6.45, 7) is -3.06. The standard InChI is InChI=1S/C22H18F8N2O2/c23-15-5-12(6-17(15)31-9-21(25,26)27)20(11-1-3-13(33)4-2-11)14-7-16(24)18(8-19(14)34)32-10-22(28,29)30/h1-8,12,20,31-34H,9-10H2. The first-order chi connectivity index (χ1) is 15.7. The van der Waals surface area contributed by atoms with Crippen LogP contribution in [0.15, 0.2) is 60.1 Å². The molecule has 0 aliphatic heterocycles. The van der Waals surface area contributed by atoms with Crippen molar-refractivity contribution >= 4 is 5.69 Å². The number of phenols is 2. The Bertz CT molecular complexity index is 1090. The second-order valence-corrected chi connectivity index (χ2v) is 7.57. The predicted molar refractivity (Wildman–Crippen MR) is 107 cm³/mol. The normalized spacial score (nSPS) is 17.2. The minimum atomic E-state index is -4.65. The van der Waals surface area contributed by atoms with Gasteiger partial charge in [-0.2, -0.15) is 26.3 Å². The molecule has 0 amide bonds. The van der Waals surface area contributed by atoms with Gasteiger partial charge >= 0.3 is 12.4 Å². The molecule has 2 unspecified atom stereocenters. The lowest BCUT2D eigenvalue weighted by atomic mass is 9.80. The van der Waals surface area contributed by atoms with Gasteiger partial charge in [-0.1, -0.05) is 18.2 Å². The molecule has 4 N–H and O–H groups in total. The lowest BCUT2D eigenvalue weighted by Gasteiger charge is -2.24. The van der Waals surface area contributed by atoms with E-state index in [1.54, 1.807) is 0 Å². The second-order valence-electron chi connectivity index (χ2n) is 7.57. The Morgan fingerprint density at radius 1 is 0.824 bits per heavy atom. The van der Waals surface area contributed by atoms with Crippen LogP contribution >= 0.6 is 0 Å². The van der Waals surface area contributed by atoms with E-state index in [4.69, 9.17) is 0 Å². The van der Waals surface area contributed by atoms with E-state index in [9.17, 15) is 45.3 Å². The van der Waals surface area contributed by atoms with Crippen molar-refractivity contribution in [1.82, 2.24) is 5.32 Å². The number of aromatic hydroxyl groups is 2. The van der Waals surface area contributed by atoms with E-state index in [0.717, 1.165) is 24.3 Å². The summed E-state index contributed by atoms with van der Waals surface area (Å²) in [5, 5.41) is 23.8. The molecule has 0 saturated heterocycles. The van der Waals surface area contributed by atoms with Crippen LogP contribution in [0.2, 0.25) is 0 Å². The Kier molecular flexibility index (Phi) is 6.99. The molecular formula is C22H18F8N2O2. The topological polar surface area (TPSA) is 64.5 Å². The van der Waals surface area contributed by atoms with Crippen LogP contribution in [0.5, 0.6) is 11.5 Å². The highest BCUT2D eigenvalue weighted by Crippen LogP contribution is 2.44. The van der Waals surface area contributed by atoms with Gasteiger partial charge in [0.05, 0.1) is 11.4 Å². The average molecular weight is 494 g/mol. The molecule has 0 fully saturated rings. The molecule has 34 heavy (non-hydrogen) atoms. The molecule has 2 aromatic carbocycles. The SMILES string of the molecule is Oc1ccc(C(c2cc(F)c(NCC(F)(F)F)cc2O)C2C=C(F)C(NCC(F)(F)F)=C2)cc1. The number of halogens is 8. The van der Waals surface area contributed by atoms with Crippen molar-refractivity contribution in [1.29, 1.82) is 0 Å². The third-order valence-electron chi connectivity index (χ3n) is 5.00. The Morgan fingerprint density at radius 3 is 2.00 bits per heavy atom. The minimum absolute atomic E-state index is 0.138. The van der Waals surface area contributed by atoms with Gasteiger partial charge in [0.25, 0.3) is 0 Å². The highest BCUT2D eigenvalue weighted by Gasteiger charge is 2.33. The number of rotatable bonds is 7. The summed E-state index contributed by atoms with van der Waals surface area (Å²) in [5.41, 5.74) is -0.900. The van der Waals surface area contributed by atoms with Crippen molar-refractivity contribution in [2.45, 2.75) is 18.3 Å². The second kappa shape index (κ2) is 9.43. The number of alkyl halides is 6. The molecule has 1 aliphatic carbocycles. The predicted octanol–water partition coefficient (Wildman–Crippen LogP) is 5.86. The molecule has 0 radical (unpaired) electrons. The lowest BCUT2D eigenvalue weighted by molar-refractivity contribution is -0.123. The first-order valence-electron chi connectivity index (χ1n) is 9.75. The fraction of sp³-hybridized carbons (Fsp3) is 0.273. The van der Waals surface area contributed by atoms with Crippen molar-refractivity contribution in [3.05, 3.63) is 77.0 Å². The number of allylic oxidation sites excluding steroid dienone is 3. The zero-order chi connectivity index (χ0) is 25.3. The third kappa shape index (κ3) is 6.33. The molecule has 0 heterocycles. The first-order valence-corrected chi connectivity index (χ1v) is 9.75. The molecule has 2 atom stereocenters. The van der Waals surface area contributed by atoms with E-state index < -0.39 is 66.1 Å². The van der Waals surface area contributed by atoms with Crippen LogP contribution < -0.4 is 10.6 Å². The van der Waals surface area contributed by atoms with Crippen LogP contribution in [0.25, 0.3) is 0 Å². The summed E-state index contributed by atoms with van der Waals surface area (Å²) in [6, 6.07) is 6.80. The number of hydrogen-bond acceptors (Lipinski definition) is 4. The quantitative estimate of drug-likeness (QED) is 0.364. The minimum Gasteiger partial charge on any atom is -0.508 e. The van der Waals surface area contributed by atoms with E-state index in [1.165, 1.54) is 24.3 Å². The van der Waals surface area contributed by atoms with E-state index in [1.807, 2.05) is 10.6 Å².